The Hall–Kier alpha value is -3.28. The number of carbonyl (C=O) groups is 1. The Bertz CT molecular complexity index is 932. The van der Waals surface area contributed by atoms with Crippen molar-refractivity contribution in [3.05, 3.63) is 83.2 Å². The number of aryl methyl sites for hydroxylation is 1. The average Bonchev–Trinajstić information content (AvgIpc) is 2.90. The highest BCUT2D eigenvalue weighted by molar-refractivity contribution is 5.94. The lowest BCUT2D eigenvalue weighted by molar-refractivity contribution is 0.0955. The van der Waals surface area contributed by atoms with E-state index in [-0.39, 0.29) is 11.7 Å². The average molecular weight is 336 g/mol. The van der Waals surface area contributed by atoms with Crippen LogP contribution in [-0.2, 0) is 0 Å². The number of nitrogens with one attached hydrogen (secondary N) is 1. The fourth-order valence-electron chi connectivity index (χ4n) is 2.64. The van der Waals surface area contributed by atoms with Gasteiger partial charge in [-0.3, -0.25) is 9.78 Å². The van der Waals surface area contributed by atoms with E-state index in [1.165, 1.54) is 12.3 Å². The molecule has 2 aromatic heterocycles. The van der Waals surface area contributed by atoms with Crippen molar-refractivity contribution in [1.82, 2.24) is 15.0 Å². The lowest BCUT2D eigenvalue weighted by atomic mass is 10.2. The standard InChI is InChI=1S/C19H17FN4O/c1-13-10-16(12-22-23-19(25)15-6-5-9-21-11-15)14(2)24(13)18-8-4-3-7-17(18)20/h3-12H,1-2H3,(H,23,25)/b22-12+. The topological polar surface area (TPSA) is 59.3 Å². The van der Waals surface area contributed by atoms with E-state index in [9.17, 15) is 9.18 Å². The first-order valence-electron chi connectivity index (χ1n) is 7.75. The van der Waals surface area contributed by atoms with Crippen LogP contribution in [0.25, 0.3) is 5.69 Å². The highest BCUT2D eigenvalue weighted by Gasteiger charge is 2.12. The van der Waals surface area contributed by atoms with E-state index in [2.05, 4.69) is 15.5 Å². The number of benzene rings is 1. The molecule has 1 aromatic carbocycles. The van der Waals surface area contributed by atoms with Crippen LogP contribution in [0.3, 0.4) is 0 Å². The molecule has 0 fully saturated rings. The van der Waals surface area contributed by atoms with Crippen molar-refractivity contribution in [2.24, 2.45) is 5.10 Å². The van der Waals surface area contributed by atoms with E-state index < -0.39 is 0 Å². The molecule has 0 aliphatic carbocycles. The molecule has 0 aliphatic heterocycles. The van der Waals surface area contributed by atoms with Gasteiger partial charge in [0.15, 0.2) is 0 Å². The van der Waals surface area contributed by atoms with Crippen LogP contribution in [-0.4, -0.2) is 21.7 Å². The van der Waals surface area contributed by atoms with Crippen LogP contribution in [0.5, 0.6) is 0 Å². The van der Waals surface area contributed by atoms with E-state index in [0.717, 1.165) is 17.0 Å². The summed E-state index contributed by atoms with van der Waals surface area (Å²) in [6, 6.07) is 11.8. The van der Waals surface area contributed by atoms with Crippen molar-refractivity contribution in [1.29, 1.82) is 0 Å². The number of aromatic nitrogens is 2. The Labute approximate surface area is 144 Å². The summed E-state index contributed by atoms with van der Waals surface area (Å²) in [5.74, 6) is -0.634. The molecule has 0 bridgehead atoms. The fraction of sp³-hybridized carbons (Fsp3) is 0.105. The molecule has 5 nitrogen and oxygen atoms in total. The number of para-hydroxylation sites is 1. The molecule has 0 aliphatic rings. The summed E-state index contributed by atoms with van der Waals surface area (Å²) in [6.07, 6.45) is 4.61. The van der Waals surface area contributed by atoms with Gasteiger partial charge < -0.3 is 4.57 Å². The monoisotopic (exact) mass is 336 g/mol. The van der Waals surface area contributed by atoms with Gasteiger partial charge in [0.25, 0.3) is 5.91 Å². The van der Waals surface area contributed by atoms with Gasteiger partial charge in [-0.25, -0.2) is 9.82 Å². The summed E-state index contributed by atoms with van der Waals surface area (Å²) in [7, 11) is 0. The molecule has 3 aromatic rings. The number of hydrogen-bond acceptors (Lipinski definition) is 3. The molecule has 25 heavy (non-hydrogen) atoms. The minimum atomic E-state index is -0.340. The summed E-state index contributed by atoms with van der Waals surface area (Å²) in [4.78, 5) is 15.8. The largest absolute Gasteiger partial charge is 0.315 e. The fourth-order valence-corrected chi connectivity index (χ4v) is 2.64. The molecule has 0 radical (unpaired) electrons. The SMILES string of the molecule is Cc1cc(/C=N/NC(=O)c2cccnc2)c(C)n1-c1ccccc1F. The Morgan fingerprint density at radius 3 is 2.76 bits per heavy atom. The van der Waals surface area contributed by atoms with Crippen molar-refractivity contribution < 1.29 is 9.18 Å². The van der Waals surface area contributed by atoms with Gasteiger partial charge in [-0.15, -0.1) is 0 Å². The molecule has 1 N–H and O–H groups in total. The molecule has 126 valence electrons. The number of carbonyl (C=O) groups excluding carboxylic acids is 1. The first kappa shape index (κ1) is 16.6. The third-order valence-corrected chi connectivity index (χ3v) is 3.86. The zero-order valence-electron chi connectivity index (χ0n) is 13.9. The summed E-state index contributed by atoms with van der Waals surface area (Å²) in [5.41, 5.74) is 5.88. The van der Waals surface area contributed by atoms with Gasteiger partial charge in [0.1, 0.15) is 5.82 Å². The van der Waals surface area contributed by atoms with Crippen LogP contribution in [0.2, 0.25) is 0 Å². The molecule has 1 amide bonds. The minimum absolute atomic E-state index is 0.294. The molecule has 0 saturated heterocycles. The van der Waals surface area contributed by atoms with Crippen molar-refractivity contribution >= 4 is 12.1 Å². The number of hydrogen-bond donors (Lipinski definition) is 1. The van der Waals surface area contributed by atoms with Crippen LogP contribution in [0, 0.1) is 19.7 Å². The Kier molecular flexibility index (Phi) is 4.70. The van der Waals surface area contributed by atoms with Gasteiger partial charge >= 0.3 is 0 Å². The van der Waals surface area contributed by atoms with Crippen molar-refractivity contribution in [3.8, 4) is 5.69 Å². The van der Waals surface area contributed by atoms with E-state index >= 15 is 0 Å². The first-order valence-corrected chi connectivity index (χ1v) is 7.75. The Morgan fingerprint density at radius 1 is 1.24 bits per heavy atom. The second-order valence-electron chi connectivity index (χ2n) is 5.55. The van der Waals surface area contributed by atoms with E-state index in [1.807, 2.05) is 24.5 Å². The lowest BCUT2D eigenvalue weighted by Crippen LogP contribution is -2.17. The predicted octanol–water partition coefficient (Wildman–Crippen LogP) is 3.39. The smallest absolute Gasteiger partial charge is 0.272 e. The van der Waals surface area contributed by atoms with Gasteiger partial charge in [0.2, 0.25) is 0 Å². The van der Waals surface area contributed by atoms with Crippen LogP contribution >= 0.6 is 0 Å². The maximum absolute atomic E-state index is 14.1. The van der Waals surface area contributed by atoms with Crippen molar-refractivity contribution in [2.75, 3.05) is 0 Å². The Balaban J connectivity index is 1.82. The number of rotatable bonds is 4. The number of nitrogens with zero attached hydrogens (tertiary/aromatic N) is 3. The predicted molar refractivity (Wildman–Crippen MR) is 94.5 cm³/mol. The molecule has 0 unspecified atom stereocenters. The molecular weight excluding hydrogens is 319 g/mol. The molecule has 0 saturated carbocycles. The normalized spacial score (nSPS) is 11.0. The third kappa shape index (κ3) is 3.47. The number of halogens is 1. The second kappa shape index (κ2) is 7.09. The van der Waals surface area contributed by atoms with Crippen molar-refractivity contribution in [2.45, 2.75) is 13.8 Å². The quantitative estimate of drug-likeness (QED) is 0.586. The van der Waals surface area contributed by atoms with Gasteiger partial charge in [0.05, 0.1) is 17.5 Å². The number of hydrazone groups is 1. The van der Waals surface area contributed by atoms with Gasteiger partial charge in [-0.05, 0) is 44.2 Å². The van der Waals surface area contributed by atoms with Gasteiger partial charge in [0, 0.05) is 29.3 Å². The van der Waals surface area contributed by atoms with Gasteiger partial charge in [-0.1, -0.05) is 12.1 Å². The molecule has 2 heterocycles. The third-order valence-electron chi connectivity index (χ3n) is 3.86. The molecular formula is C19H17FN4O. The van der Waals surface area contributed by atoms with E-state index in [4.69, 9.17) is 0 Å². The van der Waals surface area contributed by atoms with E-state index in [0.29, 0.717) is 11.3 Å². The summed E-state index contributed by atoms with van der Waals surface area (Å²) >= 11 is 0. The molecule has 0 atom stereocenters. The highest BCUT2D eigenvalue weighted by atomic mass is 19.1. The second-order valence-corrected chi connectivity index (χ2v) is 5.55. The Morgan fingerprint density at radius 2 is 2.04 bits per heavy atom. The number of amides is 1. The van der Waals surface area contributed by atoms with Crippen LogP contribution < -0.4 is 5.43 Å². The van der Waals surface area contributed by atoms with Crippen molar-refractivity contribution in [3.63, 3.8) is 0 Å². The van der Waals surface area contributed by atoms with E-state index in [1.54, 1.807) is 42.7 Å². The molecule has 0 spiro atoms. The van der Waals surface area contributed by atoms with Crippen LogP contribution in [0.15, 0.2) is 60.0 Å². The zero-order chi connectivity index (χ0) is 17.8. The summed E-state index contributed by atoms with van der Waals surface area (Å²) < 4.78 is 15.9. The first-order chi connectivity index (χ1) is 12.1. The van der Waals surface area contributed by atoms with Gasteiger partial charge in [-0.2, -0.15) is 5.10 Å². The lowest BCUT2D eigenvalue weighted by Gasteiger charge is -2.10. The maximum Gasteiger partial charge on any atom is 0.272 e. The molecule has 3 rings (SSSR count). The highest BCUT2D eigenvalue weighted by Crippen LogP contribution is 2.21. The molecule has 6 heteroatoms. The van der Waals surface area contributed by atoms with Crippen LogP contribution in [0.1, 0.15) is 27.3 Å². The maximum atomic E-state index is 14.1. The van der Waals surface area contributed by atoms with Crippen LogP contribution in [0.4, 0.5) is 4.39 Å². The summed E-state index contributed by atoms with van der Waals surface area (Å²) in [6.45, 7) is 3.77. The minimum Gasteiger partial charge on any atom is -0.315 e. The number of pyridine rings is 1. The summed E-state index contributed by atoms with van der Waals surface area (Å²) in [5, 5.41) is 3.99. The zero-order valence-corrected chi connectivity index (χ0v) is 13.9.